The van der Waals surface area contributed by atoms with Gasteiger partial charge < -0.3 is 14.6 Å². The van der Waals surface area contributed by atoms with Crippen LogP contribution >= 0.6 is 11.6 Å². The van der Waals surface area contributed by atoms with Gasteiger partial charge in [0.1, 0.15) is 11.5 Å². The average molecular weight is 435 g/mol. The Morgan fingerprint density at radius 1 is 0.967 bits per heavy atom. The molecule has 3 nitrogen and oxygen atoms in total. The largest absolute Gasteiger partial charge is 0.459 e. The van der Waals surface area contributed by atoms with Gasteiger partial charge in [0.15, 0.2) is 0 Å². The summed E-state index contributed by atoms with van der Waals surface area (Å²) in [6.45, 7) is 2.45. The summed E-state index contributed by atoms with van der Waals surface area (Å²) < 4.78 is 44.5. The van der Waals surface area contributed by atoms with E-state index in [1.807, 2.05) is 18.2 Å². The van der Waals surface area contributed by atoms with E-state index in [4.69, 9.17) is 16.0 Å². The van der Waals surface area contributed by atoms with Gasteiger partial charge in [-0.25, -0.2) is 0 Å². The first-order valence-corrected chi connectivity index (χ1v) is 10.3. The Morgan fingerprint density at radius 3 is 2.50 bits per heavy atom. The van der Waals surface area contributed by atoms with Gasteiger partial charge in [-0.1, -0.05) is 23.7 Å². The normalized spacial score (nSPS) is 14.7. The molecular weight excluding hydrogens is 413 g/mol. The van der Waals surface area contributed by atoms with E-state index in [1.54, 1.807) is 18.2 Å². The lowest BCUT2D eigenvalue weighted by Gasteiger charge is -2.29. The molecule has 0 aliphatic carbocycles. The van der Waals surface area contributed by atoms with Gasteiger partial charge in [0.05, 0.1) is 22.8 Å². The number of nitrogens with zero attached hydrogens (tertiary/aromatic N) is 1. The van der Waals surface area contributed by atoms with Crippen LogP contribution in [0.3, 0.4) is 0 Å². The molecular formula is C23H22ClF3N2O. The van der Waals surface area contributed by atoms with Crippen LogP contribution in [0.25, 0.3) is 11.3 Å². The number of rotatable bonds is 5. The van der Waals surface area contributed by atoms with Gasteiger partial charge in [0, 0.05) is 24.3 Å². The molecule has 2 aromatic carbocycles. The lowest BCUT2D eigenvalue weighted by atomic mass is 10.1. The molecule has 4 rings (SSSR count). The van der Waals surface area contributed by atoms with Crippen molar-refractivity contribution in [1.29, 1.82) is 0 Å². The zero-order chi connectivity index (χ0) is 21.1. The second-order valence-corrected chi connectivity index (χ2v) is 7.82. The van der Waals surface area contributed by atoms with Crippen LogP contribution in [0.15, 0.2) is 59.0 Å². The lowest BCUT2D eigenvalue weighted by Crippen LogP contribution is -2.29. The third-order valence-electron chi connectivity index (χ3n) is 5.25. The molecule has 1 fully saturated rings. The number of hydrogen-bond acceptors (Lipinski definition) is 3. The van der Waals surface area contributed by atoms with Gasteiger partial charge in [0.2, 0.25) is 0 Å². The molecule has 1 aliphatic rings. The van der Waals surface area contributed by atoms with E-state index < -0.39 is 11.7 Å². The highest BCUT2D eigenvalue weighted by molar-refractivity contribution is 6.33. The van der Waals surface area contributed by atoms with Crippen molar-refractivity contribution in [2.45, 2.75) is 32.0 Å². The van der Waals surface area contributed by atoms with Crippen LogP contribution in [-0.2, 0) is 12.7 Å². The predicted molar refractivity (Wildman–Crippen MR) is 114 cm³/mol. The summed E-state index contributed by atoms with van der Waals surface area (Å²) >= 11 is 6.48. The summed E-state index contributed by atoms with van der Waals surface area (Å²) in [7, 11) is 0. The minimum Gasteiger partial charge on any atom is -0.459 e. The zero-order valence-electron chi connectivity index (χ0n) is 16.3. The van der Waals surface area contributed by atoms with Crippen LogP contribution < -0.4 is 10.2 Å². The second-order valence-electron chi connectivity index (χ2n) is 7.41. The molecule has 0 radical (unpaired) electrons. The van der Waals surface area contributed by atoms with Crippen LogP contribution in [0, 0.1) is 0 Å². The Balaban J connectivity index is 1.42. The predicted octanol–water partition coefficient (Wildman–Crippen LogP) is 7.22. The summed E-state index contributed by atoms with van der Waals surface area (Å²) in [5.41, 5.74) is 1.61. The van der Waals surface area contributed by atoms with Crippen LogP contribution in [-0.4, -0.2) is 13.1 Å². The van der Waals surface area contributed by atoms with E-state index in [1.165, 1.54) is 25.3 Å². The van der Waals surface area contributed by atoms with Crippen molar-refractivity contribution in [3.05, 3.63) is 70.9 Å². The summed E-state index contributed by atoms with van der Waals surface area (Å²) in [5.74, 6) is 1.02. The smallest absolute Gasteiger partial charge is 0.416 e. The average Bonchev–Trinajstić information content (AvgIpc) is 3.22. The molecule has 0 unspecified atom stereocenters. The number of halogens is 4. The number of alkyl halides is 3. The molecule has 0 amide bonds. The molecule has 0 atom stereocenters. The Kier molecular flexibility index (Phi) is 5.95. The quantitative estimate of drug-likeness (QED) is 0.459. The Bertz CT molecular complexity index is 1010. The molecule has 3 aromatic rings. The number of furan rings is 1. The van der Waals surface area contributed by atoms with Gasteiger partial charge >= 0.3 is 6.18 Å². The van der Waals surface area contributed by atoms with Crippen LogP contribution in [0.4, 0.5) is 24.5 Å². The van der Waals surface area contributed by atoms with Gasteiger partial charge in [-0.2, -0.15) is 13.2 Å². The lowest BCUT2D eigenvalue weighted by molar-refractivity contribution is -0.137. The first kappa shape index (κ1) is 20.7. The van der Waals surface area contributed by atoms with E-state index >= 15 is 0 Å². The topological polar surface area (TPSA) is 28.4 Å². The Labute approximate surface area is 178 Å². The maximum absolute atomic E-state index is 12.9. The van der Waals surface area contributed by atoms with Crippen molar-refractivity contribution in [3.63, 3.8) is 0 Å². The number of piperidine rings is 1. The van der Waals surface area contributed by atoms with Crippen molar-refractivity contribution >= 4 is 23.0 Å². The Morgan fingerprint density at radius 2 is 1.77 bits per heavy atom. The van der Waals surface area contributed by atoms with Gasteiger partial charge in [-0.15, -0.1) is 0 Å². The monoisotopic (exact) mass is 434 g/mol. The summed E-state index contributed by atoms with van der Waals surface area (Å²) in [6.07, 6.45) is -0.752. The highest BCUT2D eigenvalue weighted by Crippen LogP contribution is 2.33. The molecule has 30 heavy (non-hydrogen) atoms. The summed E-state index contributed by atoms with van der Waals surface area (Å²) in [6, 6.07) is 14.4. The molecule has 0 spiro atoms. The van der Waals surface area contributed by atoms with Gasteiger partial charge in [0.25, 0.3) is 0 Å². The number of hydrogen-bond donors (Lipinski definition) is 1. The third kappa shape index (κ3) is 4.75. The van der Waals surface area contributed by atoms with Crippen molar-refractivity contribution < 1.29 is 17.6 Å². The number of nitrogens with one attached hydrogen (secondary N) is 1. The zero-order valence-corrected chi connectivity index (χ0v) is 17.1. The number of anilines is 2. The fourth-order valence-electron chi connectivity index (χ4n) is 3.67. The number of benzene rings is 2. The first-order chi connectivity index (χ1) is 14.4. The highest BCUT2D eigenvalue weighted by Gasteiger charge is 2.30. The molecule has 0 saturated carbocycles. The van der Waals surface area contributed by atoms with E-state index in [-0.39, 0.29) is 0 Å². The fraction of sp³-hybridized carbons (Fsp3) is 0.304. The van der Waals surface area contributed by atoms with Crippen molar-refractivity contribution in [3.8, 4) is 11.3 Å². The molecule has 1 aliphatic heterocycles. The van der Waals surface area contributed by atoms with Crippen LogP contribution in [0.1, 0.15) is 30.6 Å². The summed E-state index contributed by atoms with van der Waals surface area (Å²) in [5, 5.41) is 3.96. The molecule has 0 bridgehead atoms. The summed E-state index contributed by atoms with van der Waals surface area (Å²) in [4.78, 5) is 2.31. The minimum atomic E-state index is -4.38. The third-order valence-corrected chi connectivity index (χ3v) is 5.55. The van der Waals surface area contributed by atoms with Crippen LogP contribution in [0.5, 0.6) is 0 Å². The van der Waals surface area contributed by atoms with Gasteiger partial charge in [-0.05, 0) is 61.7 Å². The molecule has 2 heterocycles. The van der Waals surface area contributed by atoms with E-state index in [0.29, 0.717) is 28.7 Å². The van der Waals surface area contributed by atoms with E-state index in [2.05, 4.69) is 10.2 Å². The molecule has 1 saturated heterocycles. The molecule has 7 heteroatoms. The van der Waals surface area contributed by atoms with Crippen molar-refractivity contribution in [2.24, 2.45) is 0 Å². The second kappa shape index (κ2) is 8.64. The Hall–Kier alpha value is -2.60. The van der Waals surface area contributed by atoms with E-state index in [9.17, 15) is 13.2 Å². The maximum Gasteiger partial charge on any atom is 0.416 e. The minimum absolute atomic E-state index is 0.394. The maximum atomic E-state index is 12.9. The standard InChI is InChI=1S/C23H22ClF3N2O/c24-20-14-18(7-9-21(20)29-11-2-1-3-12-29)28-15-19-8-10-22(30-19)16-5-4-6-17(13-16)23(25,26)27/h4-10,13-14,28H,1-3,11-12,15H2. The van der Waals surface area contributed by atoms with Gasteiger partial charge in [-0.3, -0.25) is 0 Å². The SMILES string of the molecule is FC(F)(F)c1cccc(-c2ccc(CNc3ccc(N4CCCCC4)c(Cl)c3)o2)c1. The van der Waals surface area contributed by atoms with E-state index in [0.717, 1.165) is 36.6 Å². The first-order valence-electron chi connectivity index (χ1n) is 9.95. The van der Waals surface area contributed by atoms with Crippen LogP contribution in [0.2, 0.25) is 5.02 Å². The molecule has 158 valence electrons. The fourth-order valence-corrected chi connectivity index (χ4v) is 3.97. The van der Waals surface area contributed by atoms with Crippen molar-refractivity contribution in [2.75, 3.05) is 23.3 Å². The molecule has 1 N–H and O–H groups in total. The highest BCUT2D eigenvalue weighted by atomic mass is 35.5. The van der Waals surface area contributed by atoms with Crippen molar-refractivity contribution in [1.82, 2.24) is 0 Å². The molecule has 1 aromatic heterocycles.